The van der Waals surface area contributed by atoms with Crippen molar-refractivity contribution >= 4 is 45.9 Å². The van der Waals surface area contributed by atoms with Gasteiger partial charge in [-0.1, -0.05) is 23.7 Å². The van der Waals surface area contributed by atoms with Crippen LogP contribution < -0.4 is 10.2 Å². The summed E-state index contributed by atoms with van der Waals surface area (Å²) < 4.78 is 13.1. The van der Waals surface area contributed by atoms with E-state index in [1.54, 1.807) is 22.7 Å². The quantitative estimate of drug-likeness (QED) is 0.626. The third kappa shape index (κ3) is 5.37. The second-order valence-electron chi connectivity index (χ2n) is 5.61. The van der Waals surface area contributed by atoms with Crippen molar-refractivity contribution in [2.45, 2.75) is 13.1 Å². The third-order valence-electron chi connectivity index (χ3n) is 3.62. The minimum atomic E-state index is -0.425. The smallest absolute Gasteiger partial charge is 0.279 e. The fourth-order valence-corrected chi connectivity index (χ4v) is 4.29. The largest absolute Gasteiger partial charge is 0.320 e. The van der Waals surface area contributed by atoms with E-state index in [-0.39, 0.29) is 10.9 Å². The molecule has 0 atom stereocenters. The Morgan fingerprint density at radius 2 is 1.72 bits per heavy atom. The van der Waals surface area contributed by atoms with Gasteiger partial charge in [-0.15, -0.1) is 22.7 Å². The number of carbonyl (C=O) groups is 1. The van der Waals surface area contributed by atoms with Crippen LogP contribution in [0.3, 0.4) is 0 Å². The molecule has 0 bridgehead atoms. The van der Waals surface area contributed by atoms with Crippen molar-refractivity contribution in [2.24, 2.45) is 0 Å². The lowest BCUT2D eigenvalue weighted by atomic mass is 10.3. The summed E-state index contributed by atoms with van der Waals surface area (Å²) in [6.45, 7) is 1.86. The average Bonchev–Trinajstić information content (AvgIpc) is 3.24. The standard InChI is InChI=1S/C18H16ClFN2OS2/c19-16-9-13(20)5-6-17(16)21-18(23)12-22(10-14-3-1-7-24-14)11-15-4-2-8-25-15/h1-9H,10-12H2,(H,21,23)/p+1. The maximum Gasteiger partial charge on any atom is 0.279 e. The van der Waals surface area contributed by atoms with Gasteiger partial charge in [-0.3, -0.25) is 4.79 Å². The van der Waals surface area contributed by atoms with Gasteiger partial charge >= 0.3 is 0 Å². The van der Waals surface area contributed by atoms with Gasteiger partial charge in [0.2, 0.25) is 0 Å². The minimum Gasteiger partial charge on any atom is -0.320 e. The van der Waals surface area contributed by atoms with Crippen LogP contribution in [-0.4, -0.2) is 12.5 Å². The van der Waals surface area contributed by atoms with Crippen LogP contribution in [0.5, 0.6) is 0 Å². The van der Waals surface area contributed by atoms with Crippen molar-refractivity contribution < 1.29 is 14.1 Å². The highest BCUT2D eigenvalue weighted by Crippen LogP contribution is 2.22. The number of anilines is 1. The van der Waals surface area contributed by atoms with Crippen molar-refractivity contribution in [1.82, 2.24) is 0 Å². The summed E-state index contributed by atoms with van der Waals surface area (Å²) in [5, 5.41) is 7.05. The summed E-state index contributed by atoms with van der Waals surface area (Å²) in [7, 11) is 0. The Kier molecular flexibility index (Phi) is 6.20. The van der Waals surface area contributed by atoms with E-state index in [1.165, 1.54) is 28.0 Å². The molecule has 0 aliphatic heterocycles. The molecule has 0 radical (unpaired) electrons. The summed E-state index contributed by atoms with van der Waals surface area (Å²) in [6, 6.07) is 12.1. The molecule has 2 N–H and O–H groups in total. The molecule has 0 aliphatic rings. The van der Waals surface area contributed by atoms with Crippen LogP contribution in [0.15, 0.2) is 53.2 Å². The lowest BCUT2D eigenvalue weighted by Gasteiger charge is -2.18. The molecule has 3 nitrogen and oxygen atoms in total. The van der Waals surface area contributed by atoms with Crippen LogP contribution in [-0.2, 0) is 17.9 Å². The minimum absolute atomic E-state index is 0.142. The van der Waals surface area contributed by atoms with Gasteiger partial charge in [-0.2, -0.15) is 0 Å². The van der Waals surface area contributed by atoms with Gasteiger partial charge in [0.05, 0.1) is 20.5 Å². The van der Waals surface area contributed by atoms with Crippen LogP contribution in [0.25, 0.3) is 0 Å². The molecule has 2 heterocycles. The summed E-state index contributed by atoms with van der Waals surface area (Å²) in [5.74, 6) is -0.567. The molecule has 0 aliphatic carbocycles. The average molecular weight is 396 g/mol. The van der Waals surface area contributed by atoms with Crippen molar-refractivity contribution in [3.63, 3.8) is 0 Å². The number of benzene rings is 1. The normalized spacial score (nSPS) is 11.0. The topological polar surface area (TPSA) is 33.5 Å². The van der Waals surface area contributed by atoms with Crippen LogP contribution in [0, 0.1) is 5.82 Å². The number of rotatable bonds is 7. The predicted molar refractivity (Wildman–Crippen MR) is 102 cm³/mol. The Morgan fingerprint density at radius 1 is 1.08 bits per heavy atom. The van der Waals surface area contributed by atoms with Crippen LogP contribution in [0.1, 0.15) is 9.75 Å². The zero-order chi connectivity index (χ0) is 17.6. The predicted octanol–water partition coefficient (Wildman–Crippen LogP) is 3.83. The maximum absolute atomic E-state index is 13.1. The number of carbonyl (C=O) groups excluding carboxylic acids is 1. The van der Waals surface area contributed by atoms with Crippen molar-refractivity contribution in [1.29, 1.82) is 0 Å². The molecule has 0 saturated carbocycles. The third-order valence-corrected chi connectivity index (χ3v) is 5.69. The molecule has 1 aromatic carbocycles. The first-order valence-corrected chi connectivity index (χ1v) is 9.87. The Bertz CT molecular complexity index is 785. The van der Waals surface area contributed by atoms with E-state index in [0.717, 1.165) is 18.0 Å². The molecule has 2 aromatic heterocycles. The van der Waals surface area contributed by atoms with Gasteiger partial charge in [-0.05, 0) is 41.1 Å². The second kappa shape index (κ2) is 8.58. The molecule has 0 spiro atoms. The van der Waals surface area contributed by atoms with E-state index in [2.05, 4.69) is 17.4 Å². The van der Waals surface area contributed by atoms with E-state index in [0.29, 0.717) is 12.2 Å². The number of amides is 1. The number of nitrogens with one attached hydrogen (secondary N) is 2. The molecule has 1 amide bonds. The van der Waals surface area contributed by atoms with Crippen LogP contribution in [0.4, 0.5) is 10.1 Å². The molecule has 25 heavy (non-hydrogen) atoms. The van der Waals surface area contributed by atoms with Gasteiger partial charge in [-0.25, -0.2) is 4.39 Å². The second-order valence-corrected chi connectivity index (χ2v) is 8.08. The number of thiophene rings is 2. The van der Waals surface area contributed by atoms with Crippen molar-refractivity contribution in [2.75, 3.05) is 11.9 Å². The zero-order valence-corrected chi connectivity index (χ0v) is 15.7. The number of hydrogen-bond acceptors (Lipinski definition) is 3. The summed E-state index contributed by atoms with van der Waals surface area (Å²) >= 11 is 9.36. The van der Waals surface area contributed by atoms with E-state index in [9.17, 15) is 9.18 Å². The van der Waals surface area contributed by atoms with Gasteiger partial charge in [0, 0.05) is 0 Å². The molecule has 7 heteroatoms. The highest BCUT2D eigenvalue weighted by atomic mass is 35.5. The number of halogens is 2. The van der Waals surface area contributed by atoms with E-state index < -0.39 is 5.82 Å². The van der Waals surface area contributed by atoms with Crippen molar-refractivity contribution in [3.05, 3.63) is 73.8 Å². The van der Waals surface area contributed by atoms with Gasteiger partial charge in [0.15, 0.2) is 6.54 Å². The molecular formula is C18H17ClFN2OS2+. The first kappa shape index (κ1) is 18.1. The fraction of sp³-hybridized carbons (Fsp3) is 0.167. The molecular weight excluding hydrogens is 379 g/mol. The van der Waals surface area contributed by atoms with Crippen LogP contribution >= 0.6 is 34.3 Å². The number of hydrogen-bond donors (Lipinski definition) is 2. The fourth-order valence-electron chi connectivity index (χ4n) is 2.52. The summed E-state index contributed by atoms with van der Waals surface area (Å²) in [4.78, 5) is 16.0. The van der Waals surface area contributed by atoms with E-state index in [4.69, 9.17) is 11.6 Å². The monoisotopic (exact) mass is 395 g/mol. The van der Waals surface area contributed by atoms with E-state index in [1.807, 2.05) is 22.9 Å². The molecule has 3 aromatic rings. The molecule has 3 rings (SSSR count). The first-order chi connectivity index (χ1) is 12.1. The summed E-state index contributed by atoms with van der Waals surface area (Å²) in [6.07, 6.45) is 0. The Labute approximate surface area is 158 Å². The molecule has 0 saturated heterocycles. The molecule has 0 unspecified atom stereocenters. The van der Waals surface area contributed by atoms with Gasteiger partial charge in [0.25, 0.3) is 5.91 Å². The number of quaternary nitrogens is 1. The first-order valence-electron chi connectivity index (χ1n) is 7.73. The summed E-state index contributed by atoms with van der Waals surface area (Å²) in [5.41, 5.74) is 0.430. The Hall–Kier alpha value is -1.73. The molecule has 130 valence electrons. The van der Waals surface area contributed by atoms with E-state index >= 15 is 0 Å². The molecule has 0 fully saturated rings. The highest BCUT2D eigenvalue weighted by Gasteiger charge is 2.18. The lowest BCUT2D eigenvalue weighted by Crippen LogP contribution is -3.10. The maximum atomic E-state index is 13.1. The van der Waals surface area contributed by atoms with Gasteiger partial charge < -0.3 is 10.2 Å². The van der Waals surface area contributed by atoms with Crippen molar-refractivity contribution in [3.8, 4) is 0 Å². The zero-order valence-electron chi connectivity index (χ0n) is 13.3. The Morgan fingerprint density at radius 3 is 2.24 bits per heavy atom. The van der Waals surface area contributed by atoms with Gasteiger partial charge in [0.1, 0.15) is 18.9 Å². The van der Waals surface area contributed by atoms with Crippen LogP contribution in [0.2, 0.25) is 5.02 Å². The lowest BCUT2D eigenvalue weighted by molar-refractivity contribution is -0.918. The Balaban J connectivity index is 1.66. The highest BCUT2D eigenvalue weighted by molar-refractivity contribution is 7.10. The SMILES string of the molecule is O=C(C[NH+](Cc1cccs1)Cc1cccs1)Nc1ccc(F)cc1Cl.